The number of H-pyrrole nitrogens is 1. The zero-order valence-electron chi connectivity index (χ0n) is 12.0. The highest BCUT2D eigenvalue weighted by molar-refractivity contribution is 5.88. The van der Waals surface area contributed by atoms with Crippen molar-refractivity contribution in [2.45, 2.75) is 13.3 Å². The number of nitrogens with one attached hydrogen (secondary N) is 2. The van der Waals surface area contributed by atoms with Gasteiger partial charge in [-0.25, -0.2) is 0 Å². The molecule has 3 aromatic rings. The van der Waals surface area contributed by atoms with Gasteiger partial charge in [0.05, 0.1) is 0 Å². The lowest BCUT2D eigenvalue weighted by Crippen LogP contribution is -2.09. The number of likely N-dealkylation sites (N-methyl/N-ethyl adjacent to an activating group) is 1. The molecule has 2 heteroatoms. The molecule has 1 heterocycles. The van der Waals surface area contributed by atoms with Crippen LogP contribution in [0.15, 0.2) is 48.7 Å². The maximum Gasteiger partial charge on any atom is 0.0457 e. The van der Waals surface area contributed by atoms with E-state index in [1.807, 2.05) is 7.05 Å². The fourth-order valence-corrected chi connectivity index (χ4v) is 2.65. The van der Waals surface area contributed by atoms with Gasteiger partial charge in [-0.3, -0.25) is 0 Å². The number of aryl methyl sites for hydroxylation is 1. The van der Waals surface area contributed by atoms with E-state index in [1.165, 1.54) is 33.2 Å². The molecule has 0 aliphatic carbocycles. The number of aromatic amines is 1. The Bertz CT molecular complexity index is 725. The van der Waals surface area contributed by atoms with Crippen LogP contribution in [0.5, 0.6) is 0 Å². The third-order valence-corrected chi connectivity index (χ3v) is 3.76. The van der Waals surface area contributed by atoms with Crippen LogP contribution in [-0.2, 0) is 6.42 Å². The molecule has 0 aliphatic heterocycles. The van der Waals surface area contributed by atoms with Gasteiger partial charge < -0.3 is 10.3 Å². The van der Waals surface area contributed by atoms with E-state index in [0.29, 0.717) is 0 Å². The van der Waals surface area contributed by atoms with Gasteiger partial charge in [0, 0.05) is 17.1 Å². The van der Waals surface area contributed by atoms with Gasteiger partial charge in [0.25, 0.3) is 0 Å². The molecule has 0 aliphatic rings. The van der Waals surface area contributed by atoms with Gasteiger partial charge in [-0.2, -0.15) is 0 Å². The Hall–Kier alpha value is -2.06. The standard InChI is InChI=1S/C18H20N2/c1-13-4-3-5-14(10-13)15-6-7-18-17(11-15)16(12-20-18)8-9-19-2/h3-7,10-12,19-20H,8-9H2,1-2H3. The predicted molar refractivity (Wildman–Crippen MR) is 86.1 cm³/mol. The summed E-state index contributed by atoms with van der Waals surface area (Å²) in [6, 6.07) is 15.3. The van der Waals surface area contributed by atoms with E-state index in [4.69, 9.17) is 0 Å². The topological polar surface area (TPSA) is 27.8 Å². The molecule has 0 saturated carbocycles. The number of hydrogen-bond donors (Lipinski definition) is 2. The summed E-state index contributed by atoms with van der Waals surface area (Å²) >= 11 is 0. The molecule has 2 aromatic carbocycles. The van der Waals surface area contributed by atoms with Gasteiger partial charge in [0.2, 0.25) is 0 Å². The van der Waals surface area contributed by atoms with Gasteiger partial charge >= 0.3 is 0 Å². The van der Waals surface area contributed by atoms with Crippen molar-refractivity contribution < 1.29 is 0 Å². The Labute approximate surface area is 119 Å². The van der Waals surface area contributed by atoms with E-state index in [2.05, 4.69) is 65.9 Å². The Kier molecular flexibility index (Phi) is 3.57. The highest BCUT2D eigenvalue weighted by Crippen LogP contribution is 2.27. The lowest BCUT2D eigenvalue weighted by Gasteiger charge is -2.05. The maximum atomic E-state index is 3.36. The normalized spacial score (nSPS) is 11.1. The summed E-state index contributed by atoms with van der Waals surface area (Å²) in [5.41, 5.74) is 6.46. The fraction of sp³-hybridized carbons (Fsp3) is 0.222. The minimum absolute atomic E-state index is 1.00. The molecule has 20 heavy (non-hydrogen) atoms. The Morgan fingerprint density at radius 2 is 1.90 bits per heavy atom. The third kappa shape index (κ3) is 2.47. The van der Waals surface area contributed by atoms with Crippen molar-refractivity contribution in [3.63, 3.8) is 0 Å². The molecular weight excluding hydrogens is 244 g/mol. The summed E-state index contributed by atoms with van der Waals surface area (Å²) in [6.45, 7) is 3.14. The van der Waals surface area contributed by atoms with Crippen LogP contribution in [-0.4, -0.2) is 18.6 Å². The monoisotopic (exact) mass is 264 g/mol. The first-order valence-corrected chi connectivity index (χ1v) is 7.09. The lowest BCUT2D eigenvalue weighted by molar-refractivity contribution is 0.795. The highest BCUT2D eigenvalue weighted by atomic mass is 14.8. The van der Waals surface area contributed by atoms with Crippen molar-refractivity contribution in [3.8, 4) is 11.1 Å². The molecule has 0 atom stereocenters. The minimum atomic E-state index is 1.00. The summed E-state index contributed by atoms with van der Waals surface area (Å²) in [6.07, 6.45) is 3.18. The number of rotatable bonds is 4. The molecule has 0 fully saturated rings. The second-order valence-electron chi connectivity index (χ2n) is 5.30. The van der Waals surface area contributed by atoms with Crippen molar-refractivity contribution in [3.05, 3.63) is 59.8 Å². The molecule has 0 spiro atoms. The van der Waals surface area contributed by atoms with Crippen LogP contribution in [0.1, 0.15) is 11.1 Å². The van der Waals surface area contributed by atoms with E-state index < -0.39 is 0 Å². The van der Waals surface area contributed by atoms with Gasteiger partial charge in [-0.05, 0) is 55.8 Å². The van der Waals surface area contributed by atoms with E-state index >= 15 is 0 Å². The van der Waals surface area contributed by atoms with Crippen molar-refractivity contribution >= 4 is 10.9 Å². The first-order valence-electron chi connectivity index (χ1n) is 7.09. The van der Waals surface area contributed by atoms with Gasteiger partial charge in [-0.1, -0.05) is 35.9 Å². The molecule has 0 unspecified atom stereocenters. The predicted octanol–water partition coefficient (Wildman–Crippen LogP) is 3.91. The molecule has 0 amide bonds. The fourth-order valence-electron chi connectivity index (χ4n) is 2.65. The molecular formula is C18H20N2. The van der Waals surface area contributed by atoms with E-state index in [0.717, 1.165) is 13.0 Å². The first-order chi connectivity index (χ1) is 9.78. The van der Waals surface area contributed by atoms with Crippen molar-refractivity contribution in [2.24, 2.45) is 0 Å². The quantitative estimate of drug-likeness (QED) is 0.734. The molecule has 102 valence electrons. The van der Waals surface area contributed by atoms with Crippen LogP contribution in [0.3, 0.4) is 0 Å². The zero-order chi connectivity index (χ0) is 13.9. The highest BCUT2D eigenvalue weighted by Gasteiger charge is 2.05. The van der Waals surface area contributed by atoms with Crippen LogP contribution >= 0.6 is 0 Å². The summed E-state index contributed by atoms with van der Waals surface area (Å²) in [7, 11) is 1.99. The number of aromatic nitrogens is 1. The summed E-state index contributed by atoms with van der Waals surface area (Å²) in [5.74, 6) is 0. The van der Waals surface area contributed by atoms with Gasteiger partial charge in [0.15, 0.2) is 0 Å². The molecule has 3 rings (SSSR count). The van der Waals surface area contributed by atoms with Crippen LogP contribution in [0.2, 0.25) is 0 Å². The SMILES string of the molecule is CNCCc1c[nH]c2ccc(-c3cccc(C)c3)cc12. The average molecular weight is 264 g/mol. The molecule has 0 radical (unpaired) electrons. The number of hydrogen-bond acceptors (Lipinski definition) is 1. The van der Waals surface area contributed by atoms with E-state index in [9.17, 15) is 0 Å². The summed E-state index contributed by atoms with van der Waals surface area (Å²) in [5, 5.41) is 4.54. The molecule has 2 nitrogen and oxygen atoms in total. The smallest absolute Gasteiger partial charge is 0.0457 e. The molecule has 0 bridgehead atoms. The zero-order valence-corrected chi connectivity index (χ0v) is 12.0. The van der Waals surface area contributed by atoms with Crippen molar-refractivity contribution in [1.82, 2.24) is 10.3 Å². The largest absolute Gasteiger partial charge is 0.361 e. The van der Waals surface area contributed by atoms with Crippen LogP contribution in [0, 0.1) is 6.92 Å². The van der Waals surface area contributed by atoms with Crippen molar-refractivity contribution in [2.75, 3.05) is 13.6 Å². The van der Waals surface area contributed by atoms with Gasteiger partial charge in [-0.15, -0.1) is 0 Å². The first kappa shape index (κ1) is 12.9. The van der Waals surface area contributed by atoms with Crippen molar-refractivity contribution in [1.29, 1.82) is 0 Å². The minimum Gasteiger partial charge on any atom is -0.361 e. The van der Waals surface area contributed by atoms with Gasteiger partial charge in [0.1, 0.15) is 0 Å². The Morgan fingerprint density at radius 1 is 1.05 bits per heavy atom. The molecule has 1 aromatic heterocycles. The second-order valence-corrected chi connectivity index (χ2v) is 5.30. The third-order valence-electron chi connectivity index (χ3n) is 3.76. The molecule has 0 saturated heterocycles. The summed E-state index contributed by atoms with van der Waals surface area (Å²) in [4.78, 5) is 3.36. The number of benzene rings is 2. The lowest BCUT2D eigenvalue weighted by atomic mass is 10.0. The number of fused-ring (bicyclic) bond motifs is 1. The Balaban J connectivity index is 2.04. The van der Waals surface area contributed by atoms with Crippen LogP contribution in [0.25, 0.3) is 22.0 Å². The van der Waals surface area contributed by atoms with Crippen LogP contribution < -0.4 is 5.32 Å². The maximum absolute atomic E-state index is 3.36. The van der Waals surface area contributed by atoms with E-state index in [-0.39, 0.29) is 0 Å². The van der Waals surface area contributed by atoms with E-state index in [1.54, 1.807) is 0 Å². The Morgan fingerprint density at radius 3 is 2.70 bits per heavy atom. The second kappa shape index (κ2) is 5.51. The van der Waals surface area contributed by atoms with Crippen LogP contribution in [0.4, 0.5) is 0 Å². The average Bonchev–Trinajstić information content (AvgIpc) is 2.87. The summed E-state index contributed by atoms with van der Waals surface area (Å²) < 4.78 is 0. The molecule has 2 N–H and O–H groups in total.